The van der Waals surface area contributed by atoms with Crippen molar-refractivity contribution < 1.29 is 28.3 Å². The molecule has 1 aromatic heterocycles. The Kier molecular flexibility index (Phi) is 8.44. The molecule has 1 amide bonds. The molecule has 4 aliphatic rings. The number of aromatic nitrogens is 1. The van der Waals surface area contributed by atoms with E-state index in [1.54, 1.807) is 21.2 Å². The molecule has 3 fully saturated rings. The summed E-state index contributed by atoms with van der Waals surface area (Å²) in [7, 11) is 2.03. The van der Waals surface area contributed by atoms with Crippen LogP contribution in [0.5, 0.6) is 5.75 Å². The molecule has 1 saturated heterocycles. The van der Waals surface area contributed by atoms with Gasteiger partial charge >= 0.3 is 0 Å². The normalized spacial score (nSPS) is 25.2. The van der Waals surface area contributed by atoms with Gasteiger partial charge in [-0.2, -0.15) is 0 Å². The van der Waals surface area contributed by atoms with Crippen molar-refractivity contribution in [1.29, 1.82) is 0 Å². The summed E-state index contributed by atoms with van der Waals surface area (Å²) in [6, 6.07) is 12.3. The average molecular weight is 651 g/mol. The molecule has 7 rings (SSSR count). The molecule has 0 bridgehead atoms. The van der Waals surface area contributed by atoms with Crippen LogP contribution in [0, 0.1) is 5.41 Å². The Bertz CT molecular complexity index is 1740. The van der Waals surface area contributed by atoms with Crippen molar-refractivity contribution in [2.75, 3.05) is 54.1 Å². The monoisotopic (exact) mass is 650 g/mol. The number of benzene rings is 2. The van der Waals surface area contributed by atoms with Gasteiger partial charge in [0.1, 0.15) is 15.6 Å². The minimum absolute atomic E-state index is 0.236. The number of carbonyl (C=O) groups excluding carboxylic acids is 1. The number of carbonyl (C=O) groups is 1. The van der Waals surface area contributed by atoms with E-state index in [-0.39, 0.29) is 11.3 Å². The molecule has 3 aromatic rings. The maximum atomic E-state index is 13.4. The highest BCUT2D eigenvalue weighted by Crippen LogP contribution is 2.65. The molecule has 248 valence electrons. The molecule has 10 nitrogen and oxygen atoms in total. The Balaban J connectivity index is 1.35. The number of aliphatic hydroxyl groups is 1. The predicted molar refractivity (Wildman–Crippen MR) is 180 cm³/mol. The second kappa shape index (κ2) is 12.3. The minimum Gasteiger partial charge on any atom is -0.497 e. The second-order valence-electron chi connectivity index (χ2n) is 13.7. The number of methoxy groups -OCH3 is 1. The minimum atomic E-state index is -2.95. The third kappa shape index (κ3) is 5.65. The molecular weight excluding hydrogens is 604 g/mol. The largest absolute Gasteiger partial charge is 0.497 e. The molecule has 2 N–H and O–H groups in total. The van der Waals surface area contributed by atoms with Crippen molar-refractivity contribution >= 4 is 32.6 Å². The quantitative estimate of drug-likeness (QED) is 0.263. The second-order valence-corrected chi connectivity index (χ2v) is 15.9. The Morgan fingerprint density at radius 2 is 1.93 bits per heavy atom. The highest BCUT2D eigenvalue weighted by Gasteiger charge is 2.58. The number of hydrogen-bond acceptors (Lipinski definition) is 7. The van der Waals surface area contributed by atoms with Gasteiger partial charge in [0.05, 0.1) is 32.6 Å². The van der Waals surface area contributed by atoms with E-state index in [2.05, 4.69) is 33.4 Å². The van der Waals surface area contributed by atoms with Gasteiger partial charge in [-0.15, -0.1) is 0 Å². The van der Waals surface area contributed by atoms with Crippen LogP contribution in [0.3, 0.4) is 0 Å². The summed E-state index contributed by atoms with van der Waals surface area (Å²) in [5, 5.41) is 12.2. The van der Waals surface area contributed by atoms with E-state index in [1.165, 1.54) is 46.0 Å². The molecular formula is C35H46N4O6S. The van der Waals surface area contributed by atoms with Gasteiger partial charge in [0.15, 0.2) is 0 Å². The Morgan fingerprint density at radius 3 is 2.65 bits per heavy atom. The van der Waals surface area contributed by atoms with E-state index in [1.807, 2.05) is 23.1 Å². The predicted octanol–water partition coefficient (Wildman–Crippen LogP) is 4.31. The first kappa shape index (κ1) is 31.7. The number of amides is 1. The smallest absolute Gasteiger partial charge is 0.263 e. The van der Waals surface area contributed by atoms with Crippen molar-refractivity contribution in [2.45, 2.75) is 63.3 Å². The number of nitrogens with one attached hydrogen (secondary N) is 1. The fourth-order valence-corrected chi connectivity index (χ4v) is 8.46. The van der Waals surface area contributed by atoms with E-state index in [4.69, 9.17) is 14.2 Å². The van der Waals surface area contributed by atoms with Crippen LogP contribution >= 0.6 is 0 Å². The number of rotatable bonds is 9. The van der Waals surface area contributed by atoms with Gasteiger partial charge in [-0.1, -0.05) is 25.3 Å². The van der Waals surface area contributed by atoms with E-state index >= 15 is 0 Å². The van der Waals surface area contributed by atoms with Crippen LogP contribution in [-0.2, 0) is 25.9 Å². The van der Waals surface area contributed by atoms with Gasteiger partial charge in [0, 0.05) is 61.2 Å². The number of morpholine rings is 1. The molecule has 0 spiro atoms. The van der Waals surface area contributed by atoms with Crippen LogP contribution in [0.25, 0.3) is 22.2 Å². The molecule has 2 aliphatic heterocycles. The van der Waals surface area contributed by atoms with Crippen molar-refractivity contribution in [1.82, 2.24) is 18.5 Å². The van der Waals surface area contributed by atoms with Crippen LogP contribution in [0.2, 0.25) is 0 Å². The highest BCUT2D eigenvalue weighted by atomic mass is 32.2. The number of aliphatic hydroxyl groups excluding tert-OH is 1. The maximum absolute atomic E-state index is 13.4. The lowest BCUT2D eigenvalue weighted by Crippen LogP contribution is -2.45. The van der Waals surface area contributed by atoms with Gasteiger partial charge in [0.2, 0.25) is 6.41 Å². The van der Waals surface area contributed by atoms with E-state index in [0.29, 0.717) is 50.9 Å². The SMILES string of the molecule is C=S(=O)(NC(=O)c1ccc2c(C3CCCCC3)c3n(c2c1)CC1(COC(O)N2CCOCC2)CC1c1cc(OC)ccc1-3)N(C)C. The lowest BCUT2D eigenvalue weighted by atomic mass is 9.81. The fourth-order valence-electron chi connectivity index (χ4n) is 7.87. The maximum Gasteiger partial charge on any atom is 0.263 e. The first-order valence-electron chi connectivity index (χ1n) is 16.4. The lowest BCUT2D eigenvalue weighted by molar-refractivity contribution is -0.216. The summed E-state index contributed by atoms with van der Waals surface area (Å²) in [6.45, 7) is 3.52. The lowest BCUT2D eigenvalue weighted by Gasteiger charge is -2.31. The Hall–Kier alpha value is -2.93. The zero-order valence-corrected chi connectivity index (χ0v) is 27.9. The summed E-state index contributed by atoms with van der Waals surface area (Å²) in [4.78, 5) is 15.4. The number of fused-ring (bicyclic) bond motifs is 7. The zero-order chi connectivity index (χ0) is 32.2. The molecule has 2 aromatic carbocycles. The molecule has 3 heterocycles. The van der Waals surface area contributed by atoms with E-state index in [0.717, 1.165) is 35.9 Å². The van der Waals surface area contributed by atoms with Crippen LogP contribution in [0.15, 0.2) is 36.4 Å². The summed E-state index contributed by atoms with van der Waals surface area (Å²) in [6.07, 6.45) is 5.87. The molecule has 2 aliphatic carbocycles. The molecule has 46 heavy (non-hydrogen) atoms. The zero-order valence-electron chi connectivity index (χ0n) is 27.1. The summed E-state index contributed by atoms with van der Waals surface area (Å²) >= 11 is 0. The molecule has 2 saturated carbocycles. The van der Waals surface area contributed by atoms with Crippen LogP contribution in [0.1, 0.15) is 71.8 Å². The van der Waals surface area contributed by atoms with Crippen molar-refractivity contribution in [2.24, 2.45) is 5.41 Å². The molecule has 4 unspecified atom stereocenters. The van der Waals surface area contributed by atoms with Gasteiger partial charge in [-0.05, 0) is 78.4 Å². The summed E-state index contributed by atoms with van der Waals surface area (Å²) in [5.74, 6) is 4.81. The van der Waals surface area contributed by atoms with Gasteiger partial charge in [-0.25, -0.2) is 8.51 Å². The Morgan fingerprint density at radius 1 is 1.17 bits per heavy atom. The van der Waals surface area contributed by atoms with Crippen LogP contribution in [0.4, 0.5) is 0 Å². The average Bonchev–Trinajstić information content (AvgIpc) is 3.72. The third-order valence-electron chi connectivity index (χ3n) is 10.7. The van der Waals surface area contributed by atoms with Gasteiger partial charge < -0.3 is 23.9 Å². The fraction of sp³-hybridized carbons (Fsp3) is 0.543. The summed E-state index contributed by atoms with van der Waals surface area (Å²) in [5.41, 5.74) is 6.23. The number of hydrogen-bond donors (Lipinski definition) is 2. The van der Waals surface area contributed by atoms with Crippen molar-refractivity contribution in [3.8, 4) is 17.0 Å². The van der Waals surface area contributed by atoms with E-state index < -0.39 is 22.2 Å². The molecule has 4 atom stereocenters. The van der Waals surface area contributed by atoms with Crippen molar-refractivity contribution in [3.05, 3.63) is 53.1 Å². The highest BCUT2D eigenvalue weighted by molar-refractivity contribution is 7.96. The Labute approximate surface area is 271 Å². The topological polar surface area (TPSA) is 106 Å². The first-order chi connectivity index (χ1) is 22.1. The summed E-state index contributed by atoms with van der Waals surface area (Å²) < 4.78 is 36.9. The molecule has 11 heteroatoms. The van der Waals surface area contributed by atoms with Gasteiger partial charge in [-0.3, -0.25) is 14.4 Å². The van der Waals surface area contributed by atoms with Crippen LogP contribution < -0.4 is 9.46 Å². The number of nitrogens with zero attached hydrogens (tertiary/aromatic N) is 3. The van der Waals surface area contributed by atoms with Crippen LogP contribution in [-0.4, -0.2) is 95.4 Å². The first-order valence-corrected chi connectivity index (χ1v) is 18.1. The van der Waals surface area contributed by atoms with E-state index in [9.17, 15) is 14.1 Å². The van der Waals surface area contributed by atoms with Gasteiger partial charge in [0.25, 0.3) is 5.91 Å². The third-order valence-corrected chi connectivity index (χ3v) is 12.3. The number of ether oxygens (including phenoxy) is 3. The standard InChI is InChI=1S/C35H46N4O6S/c1-37(2)46(4,42)36-33(40)24-10-12-27-30(18-24)39-21-35(22-45-34(41)38-14-16-44-17-15-38)20-29(35)28-19-25(43-3)11-13-26(28)32(39)31(27)23-8-6-5-7-9-23/h10-13,18-19,23,29,34,41H,4-9,14-17,20-22H2,1-3H3,(H,36,40,42). The van der Waals surface area contributed by atoms with Crippen molar-refractivity contribution in [3.63, 3.8) is 0 Å². The molecule has 0 radical (unpaired) electrons.